The Hall–Kier alpha value is -3.19. The number of benzene rings is 2. The lowest BCUT2D eigenvalue weighted by Gasteiger charge is -2.30. The number of nitrogens with two attached hydrogens (primary N) is 1. The lowest BCUT2D eigenvalue weighted by molar-refractivity contribution is 0.322. The fourth-order valence-corrected chi connectivity index (χ4v) is 5.10. The van der Waals surface area contributed by atoms with Gasteiger partial charge in [-0.15, -0.1) is 0 Å². The smallest absolute Gasteiger partial charge is 0.164 e. The Morgan fingerprint density at radius 2 is 1.63 bits per heavy atom. The Balaban J connectivity index is 1.31. The predicted molar refractivity (Wildman–Crippen MR) is 143 cm³/mol. The molecular weight excluding hydrogens is 440 g/mol. The van der Waals surface area contributed by atoms with Crippen molar-refractivity contribution < 1.29 is 14.2 Å². The highest BCUT2D eigenvalue weighted by Gasteiger charge is 2.23. The summed E-state index contributed by atoms with van der Waals surface area (Å²) in [6, 6.07) is 10.5. The number of anilines is 2. The minimum atomic E-state index is 0.421. The average Bonchev–Trinajstić information content (AvgIpc) is 2.87. The highest BCUT2D eigenvalue weighted by molar-refractivity contribution is 5.96. The predicted octanol–water partition coefficient (Wildman–Crippen LogP) is 5.22. The van der Waals surface area contributed by atoms with E-state index < -0.39 is 0 Å². The molecule has 0 radical (unpaired) electrons. The maximum absolute atomic E-state index is 6.49. The molecule has 0 spiro atoms. The van der Waals surface area contributed by atoms with E-state index in [2.05, 4.69) is 30.5 Å². The van der Waals surface area contributed by atoms with Crippen molar-refractivity contribution in [2.24, 2.45) is 5.92 Å². The molecule has 0 unspecified atom stereocenters. The van der Waals surface area contributed by atoms with Crippen LogP contribution in [0, 0.1) is 19.8 Å². The molecule has 0 bridgehead atoms. The van der Waals surface area contributed by atoms with Crippen molar-refractivity contribution >= 4 is 22.4 Å². The van der Waals surface area contributed by atoms with Gasteiger partial charge in [-0.1, -0.05) is 12.1 Å². The molecule has 1 heterocycles. The first-order valence-electron chi connectivity index (χ1n) is 12.4. The normalized spacial score (nSPS) is 17.9. The van der Waals surface area contributed by atoms with Crippen LogP contribution in [0.4, 0.5) is 11.5 Å². The van der Waals surface area contributed by atoms with Gasteiger partial charge in [-0.05, 0) is 69.7 Å². The molecule has 1 aromatic heterocycles. The van der Waals surface area contributed by atoms with Crippen molar-refractivity contribution in [1.82, 2.24) is 10.3 Å². The zero-order valence-corrected chi connectivity index (χ0v) is 21.5. The van der Waals surface area contributed by atoms with E-state index in [1.165, 1.54) is 18.4 Å². The van der Waals surface area contributed by atoms with Gasteiger partial charge in [0.05, 0.1) is 26.8 Å². The SMILES string of the molecule is COc1cc(OC)c(OC)cc1CNCC1CCC(Nc2nc3cccc(C)c3c(N)c2C)CC1. The summed E-state index contributed by atoms with van der Waals surface area (Å²) in [6.07, 6.45) is 4.60. The second kappa shape index (κ2) is 11.0. The molecule has 0 saturated heterocycles. The molecule has 35 heavy (non-hydrogen) atoms. The zero-order valence-electron chi connectivity index (χ0n) is 21.5. The van der Waals surface area contributed by atoms with Crippen LogP contribution in [0.25, 0.3) is 10.9 Å². The number of nitrogens with one attached hydrogen (secondary N) is 2. The number of rotatable bonds is 9. The first-order valence-corrected chi connectivity index (χ1v) is 12.4. The highest BCUT2D eigenvalue weighted by atomic mass is 16.5. The van der Waals surface area contributed by atoms with E-state index in [-0.39, 0.29) is 0 Å². The molecule has 0 atom stereocenters. The number of nitrogens with zero attached hydrogens (tertiary/aromatic N) is 1. The number of ether oxygens (including phenoxy) is 3. The molecule has 7 nitrogen and oxygen atoms in total. The standard InChI is InChI=1S/C28H38N4O3/c1-17-7-6-8-22-26(17)27(29)18(2)28(32-22)31-21-11-9-19(10-12-21)15-30-16-20-13-24(34-4)25(35-5)14-23(20)33-3/h6-8,13-14,19,21,30H,9-12,15-16H2,1-5H3,(H3,29,31,32). The molecular formula is C28H38N4O3. The summed E-state index contributed by atoms with van der Waals surface area (Å²) >= 11 is 0. The molecule has 1 saturated carbocycles. The molecule has 4 N–H and O–H groups in total. The maximum atomic E-state index is 6.49. The maximum Gasteiger partial charge on any atom is 0.164 e. The van der Waals surface area contributed by atoms with E-state index in [9.17, 15) is 0 Å². The van der Waals surface area contributed by atoms with E-state index >= 15 is 0 Å². The van der Waals surface area contributed by atoms with Crippen LogP contribution < -0.4 is 30.6 Å². The van der Waals surface area contributed by atoms with Crippen LogP contribution in [0.1, 0.15) is 42.4 Å². The van der Waals surface area contributed by atoms with Gasteiger partial charge in [-0.3, -0.25) is 0 Å². The molecule has 3 aromatic rings. The number of hydrogen-bond acceptors (Lipinski definition) is 7. The Morgan fingerprint density at radius 3 is 2.31 bits per heavy atom. The zero-order chi connectivity index (χ0) is 24.9. The van der Waals surface area contributed by atoms with E-state index in [0.717, 1.165) is 65.2 Å². The van der Waals surface area contributed by atoms with Gasteiger partial charge in [0.2, 0.25) is 0 Å². The molecule has 7 heteroatoms. The molecule has 4 rings (SSSR count). The van der Waals surface area contributed by atoms with E-state index in [1.807, 2.05) is 24.3 Å². The number of hydrogen-bond donors (Lipinski definition) is 3. The van der Waals surface area contributed by atoms with Crippen LogP contribution in [0.5, 0.6) is 17.2 Å². The number of fused-ring (bicyclic) bond motifs is 1. The molecule has 0 aliphatic heterocycles. The summed E-state index contributed by atoms with van der Waals surface area (Å²) in [5, 5.41) is 8.37. The van der Waals surface area contributed by atoms with Gasteiger partial charge in [0, 0.05) is 40.9 Å². The summed E-state index contributed by atoms with van der Waals surface area (Å²) < 4.78 is 16.4. The molecule has 1 aliphatic carbocycles. The van der Waals surface area contributed by atoms with Crippen LogP contribution in [-0.2, 0) is 6.54 Å². The van der Waals surface area contributed by atoms with Gasteiger partial charge in [0.1, 0.15) is 11.6 Å². The van der Waals surface area contributed by atoms with Crippen molar-refractivity contribution in [3.05, 3.63) is 47.0 Å². The second-order valence-corrected chi connectivity index (χ2v) is 9.48. The van der Waals surface area contributed by atoms with Crippen molar-refractivity contribution in [2.45, 2.75) is 52.1 Å². The Morgan fingerprint density at radius 1 is 0.943 bits per heavy atom. The molecule has 1 aliphatic rings. The number of methoxy groups -OCH3 is 3. The average molecular weight is 479 g/mol. The second-order valence-electron chi connectivity index (χ2n) is 9.48. The number of aryl methyl sites for hydroxylation is 1. The number of pyridine rings is 1. The van der Waals surface area contributed by atoms with Crippen LogP contribution in [0.2, 0.25) is 0 Å². The first-order chi connectivity index (χ1) is 16.9. The highest BCUT2D eigenvalue weighted by Crippen LogP contribution is 2.35. The largest absolute Gasteiger partial charge is 0.496 e. The van der Waals surface area contributed by atoms with Gasteiger partial charge >= 0.3 is 0 Å². The molecule has 1 fully saturated rings. The summed E-state index contributed by atoms with van der Waals surface area (Å²) in [7, 11) is 4.96. The summed E-state index contributed by atoms with van der Waals surface area (Å²) in [5.74, 6) is 3.76. The summed E-state index contributed by atoms with van der Waals surface area (Å²) in [5.41, 5.74) is 11.6. The third-order valence-corrected chi connectivity index (χ3v) is 7.23. The van der Waals surface area contributed by atoms with Gasteiger partial charge in [-0.2, -0.15) is 0 Å². The Labute approximate surface area is 208 Å². The van der Waals surface area contributed by atoms with Gasteiger partial charge in [0.25, 0.3) is 0 Å². The summed E-state index contributed by atoms with van der Waals surface area (Å²) in [6.45, 7) is 5.85. The van der Waals surface area contributed by atoms with Crippen LogP contribution in [-0.4, -0.2) is 38.9 Å². The molecule has 188 valence electrons. The Kier molecular flexibility index (Phi) is 7.86. The van der Waals surface area contributed by atoms with Crippen LogP contribution >= 0.6 is 0 Å². The number of aromatic nitrogens is 1. The lowest BCUT2D eigenvalue weighted by Crippen LogP contribution is -2.31. The fourth-order valence-electron chi connectivity index (χ4n) is 5.10. The first kappa shape index (κ1) is 24.9. The monoisotopic (exact) mass is 478 g/mol. The summed E-state index contributed by atoms with van der Waals surface area (Å²) in [4.78, 5) is 4.90. The van der Waals surface area contributed by atoms with E-state index in [1.54, 1.807) is 21.3 Å². The lowest BCUT2D eigenvalue weighted by atomic mass is 9.86. The van der Waals surface area contributed by atoms with Crippen LogP contribution in [0.15, 0.2) is 30.3 Å². The third-order valence-electron chi connectivity index (χ3n) is 7.23. The topological polar surface area (TPSA) is 90.7 Å². The molecule has 0 amide bonds. The van der Waals surface area contributed by atoms with E-state index in [4.69, 9.17) is 24.9 Å². The van der Waals surface area contributed by atoms with Crippen molar-refractivity contribution in [3.8, 4) is 17.2 Å². The molecule has 2 aromatic carbocycles. The van der Waals surface area contributed by atoms with E-state index in [0.29, 0.717) is 23.5 Å². The minimum absolute atomic E-state index is 0.421. The van der Waals surface area contributed by atoms with Gasteiger partial charge < -0.3 is 30.6 Å². The minimum Gasteiger partial charge on any atom is -0.496 e. The third kappa shape index (κ3) is 5.40. The van der Waals surface area contributed by atoms with Crippen LogP contribution in [0.3, 0.4) is 0 Å². The fraction of sp³-hybridized carbons (Fsp3) is 0.464. The quantitative estimate of drug-likeness (QED) is 0.388. The van der Waals surface area contributed by atoms with Gasteiger partial charge in [0.15, 0.2) is 11.5 Å². The van der Waals surface area contributed by atoms with Gasteiger partial charge in [-0.25, -0.2) is 4.98 Å². The Bertz CT molecular complexity index is 1170. The van der Waals surface area contributed by atoms with Crippen molar-refractivity contribution in [3.63, 3.8) is 0 Å². The van der Waals surface area contributed by atoms with Crippen molar-refractivity contribution in [1.29, 1.82) is 0 Å². The number of nitrogen functional groups attached to an aromatic ring is 1. The van der Waals surface area contributed by atoms with Crippen molar-refractivity contribution in [2.75, 3.05) is 38.9 Å².